The van der Waals surface area contributed by atoms with Crippen molar-refractivity contribution in [3.63, 3.8) is 0 Å². The van der Waals surface area contributed by atoms with Gasteiger partial charge in [-0.05, 0) is 68.7 Å². The molecule has 0 spiro atoms. The van der Waals surface area contributed by atoms with Crippen LogP contribution in [0.3, 0.4) is 0 Å². The summed E-state index contributed by atoms with van der Waals surface area (Å²) in [5, 5.41) is 2.85. The van der Waals surface area contributed by atoms with Gasteiger partial charge in [0.15, 0.2) is 0 Å². The number of rotatable bonds is 6. The van der Waals surface area contributed by atoms with E-state index in [0.717, 1.165) is 18.4 Å². The normalized spacial score (nSPS) is 13.8. The summed E-state index contributed by atoms with van der Waals surface area (Å²) in [6.07, 6.45) is 1.63. The van der Waals surface area contributed by atoms with Crippen molar-refractivity contribution in [2.75, 3.05) is 28.5 Å². The maximum atomic E-state index is 12.5. The highest BCUT2D eigenvalue weighted by Gasteiger charge is 2.26. The maximum absolute atomic E-state index is 12.5. The Morgan fingerprint density at radius 1 is 1.15 bits per heavy atom. The molecule has 0 atom stereocenters. The lowest BCUT2D eigenvalue weighted by atomic mass is 10.0. The van der Waals surface area contributed by atoms with Crippen LogP contribution in [0.1, 0.15) is 36.2 Å². The van der Waals surface area contributed by atoms with Crippen LogP contribution < -0.4 is 14.4 Å². The summed E-state index contributed by atoms with van der Waals surface area (Å²) in [7, 11) is -3.34. The van der Waals surface area contributed by atoms with Crippen molar-refractivity contribution >= 4 is 27.3 Å². The lowest BCUT2D eigenvalue weighted by Crippen LogP contribution is -2.36. The molecule has 0 unspecified atom stereocenters. The summed E-state index contributed by atoms with van der Waals surface area (Å²) >= 11 is 0. The summed E-state index contributed by atoms with van der Waals surface area (Å²) in [6, 6.07) is 12.4. The average Bonchev–Trinajstić information content (AvgIpc) is 2.68. The summed E-state index contributed by atoms with van der Waals surface area (Å²) in [5.74, 6) is 0.511. The third-order valence-electron chi connectivity index (χ3n) is 4.55. The van der Waals surface area contributed by atoms with Crippen molar-refractivity contribution in [1.82, 2.24) is 0 Å². The Morgan fingerprint density at radius 2 is 1.89 bits per heavy atom. The topological polar surface area (TPSA) is 75.7 Å². The van der Waals surface area contributed by atoms with E-state index >= 15 is 0 Å². The molecule has 1 N–H and O–H groups in total. The monoisotopic (exact) mass is 388 g/mol. The molecule has 7 heteroatoms. The third-order valence-corrected chi connectivity index (χ3v) is 6.33. The molecule has 1 heterocycles. The van der Waals surface area contributed by atoms with Gasteiger partial charge < -0.3 is 10.1 Å². The first-order valence-electron chi connectivity index (χ1n) is 9.12. The molecule has 2 aromatic carbocycles. The summed E-state index contributed by atoms with van der Waals surface area (Å²) in [5.41, 5.74) is 2.73. The molecule has 0 radical (unpaired) electrons. The number of ether oxygens (including phenoxy) is 1. The molecule has 1 aliphatic heterocycles. The second kappa shape index (κ2) is 8.00. The van der Waals surface area contributed by atoms with Gasteiger partial charge in [-0.3, -0.25) is 9.10 Å². The Bertz CT molecular complexity index is 923. The van der Waals surface area contributed by atoms with E-state index in [0.29, 0.717) is 35.8 Å². The van der Waals surface area contributed by atoms with E-state index in [1.165, 1.54) is 4.31 Å². The second-order valence-electron chi connectivity index (χ2n) is 6.33. The second-order valence-corrected chi connectivity index (χ2v) is 8.51. The molecule has 0 saturated carbocycles. The number of benzene rings is 2. The van der Waals surface area contributed by atoms with Crippen molar-refractivity contribution in [1.29, 1.82) is 0 Å². The SMILES string of the molecule is CCOc1ccc(C(=O)Nc2ccc3c(c2)N(S(=O)(=O)CC)CCC3)cc1. The third kappa shape index (κ3) is 4.24. The Hall–Kier alpha value is -2.54. The van der Waals surface area contributed by atoms with Crippen LogP contribution >= 0.6 is 0 Å². The van der Waals surface area contributed by atoms with Gasteiger partial charge in [-0.25, -0.2) is 8.42 Å². The molecule has 27 heavy (non-hydrogen) atoms. The first kappa shape index (κ1) is 19.2. The first-order chi connectivity index (χ1) is 12.9. The molecule has 1 aliphatic rings. The van der Waals surface area contributed by atoms with Crippen LogP contribution in [0, 0.1) is 0 Å². The van der Waals surface area contributed by atoms with Crippen LogP contribution in [-0.4, -0.2) is 33.2 Å². The van der Waals surface area contributed by atoms with Gasteiger partial charge in [-0.15, -0.1) is 0 Å². The fraction of sp³-hybridized carbons (Fsp3) is 0.350. The lowest BCUT2D eigenvalue weighted by Gasteiger charge is -2.30. The van der Waals surface area contributed by atoms with Crippen LogP contribution in [0.25, 0.3) is 0 Å². The molecule has 2 aromatic rings. The van der Waals surface area contributed by atoms with Crippen molar-refractivity contribution < 1.29 is 17.9 Å². The number of nitrogens with zero attached hydrogens (tertiary/aromatic N) is 1. The minimum absolute atomic E-state index is 0.0508. The molecule has 0 bridgehead atoms. The van der Waals surface area contributed by atoms with Crippen LogP contribution in [0.4, 0.5) is 11.4 Å². The largest absolute Gasteiger partial charge is 0.494 e. The van der Waals surface area contributed by atoms with Crippen molar-refractivity contribution in [3.8, 4) is 5.75 Å². The number of aryl methyl sites for hydroxylation is 1. The van der Waals surface area contributed by atoms with Crippen molar-refractivity contribution in [3.05, 3.63) is 53.6 Å². The van der Waals surface area contributed by atoms with Crippen LogP contribution in [0.15, 0.2) is 42.5 Å². The molecule has 0 aromatic heterocycles. The molecule has 1 amide bonds. The first-order valence-corrected chi connectivity index (χ1v) is 10.7. The van der Waals surface area contributed by atoms with Gasteiger partial charge in [0.1, 0.15) is 5.75 Å². The number of hydrogen-bond acceptors (Lipinski definition) is 4. The van der Waals surface area contributed by atoms with E-state index in [2.05, 4.69) is 5.32 Å². The van der Waals surface area contributed by atoms with E-state index in [1.54, 1.807) is 37.3 Å². The fourth-order valence-electron chi connectivity index (χ4n) is 3.14. The van der Waals surface area contributed by atoms with E-state index in [1.807, 2.05) is 19.1 Å². The highest BCUT2D eigenvalue weighted by atomic mass is 32.2. The summed E-state index contributed by atoms with van der Waals surface area (Å²) in [4.78, 5) is 12.5. The molecule has 0 saturated heterocycles. The quantitative estimate of drug-likeness (QED) is 0.822. The van der Waals surface area contributed by atoms with E-state index in [4.69, 9.17) is 4.74 Å². The molecule has 0 aliphatic carbocycles. The van der Waals surface area contributed by atoms with Crippen molar-refractivity contribution in [2.24, 2.45) is 0 Å². The number of fused-ring (bicyclic) bond motifs is 1. The Balaban J connectivity index is 1.82. The molecular formula is C20H24N2O4S. The molecular weight excluding hydrogens is 364 g/mol. The predicted molar refractivity (Wildman–Crippen MR) is 107 cm³/mol. The minimum Gasteiger partial charge on any atom is -0.494 e. The molecule has 3 rings (SSSR count). The van der Waals surface area contributed by atoms with Gasteiger partial charge in [-0.1, -0.05) is 6.07 Å². The zero-order valence-corrected chi connectivity index (χ0v) is 16.4. The molecule has 0 fully saturated rings. The summed E-state index contributed by atoms with van der Waals surface area (Å²) in [6.45, 7) is 4.58. The lowest BCUT2D eigenvalue weighted by molar-refractivity contribution is 0.102. The number of hydrogen-bond donors (Lipinski definition) is 1. The zero-order valence-electron chi connectivity index (χ0n) is 15.6. The Morgan fingerprint density at radius 3 is 2.56 bits per heavy atom. The van der Waals surface area contributed by atoms with Crippen LogP contribution in [0.5, 0.6) is 5.75 Å². The zero-order chi connectivity index (χ0) is 19.4. The summed E-state index contributed by atoms with van der Waals surface area (Å²) < 4.78 is 31.6. The van der Waals surface area contributed by atoms with E-state index in [-0.39, 0.29) is 11.7 Å². The van der Waals surface area contributed by atoms with Gasteiger partial charge in [0.2, 0.25) is 10.0 Å². The van der Waals surface area contributed by atoms with Crippen LogP contribution in [-0.2, 0) is 16.4 Å². The smallest absolute Gasteiger partial charge is 0.255 e. The molecule has 6 nitrogen and oxygen atoms in total. The van der Waals surface area contributed by atoms with Gasteiger partial charge in [0.05, 0.1) is 18.0 Å². The van der Waals surface area contributed by atoms with Gasteiger partial charge >= 0.3 is 0 Å². The highest BCUT2D eigenvalue weighted by molar-refractivity contribution is 7.92. The fourth-order valence-corrected chi connectivity index (χ4v) is 4.32. The van der Waals surface area contributed by atoms with Crippen molar-refractivity contribution in [2.45, 2.75) is 26.7 Å². The average molecular weight is 388 g/mol. The Kier molecular flexibility index (Phi) is 5.70. The van der Waals surface area contributed by atoms with Gasteiger partial charge in [-0.2, -0.15) is 0 Å². The number of carbonyl (C=O) groups is 1. The predicted octanol–water partition coefficient (Wildman–Crippen LogP) is 3.44. The van der Waals surface area contributed by atoms with E-state index < -0.39 is 10.0 Å². The van der Waals surface area contributed by atoms with E-state index in [9.17, 15) is 13.2 Å². The highest BCUT2D eigenvalue weighted by Crippen LogP contribution is 2.32. The number of amides is 1. The maximum Gasteiger partial charge on any atom is 0.255 e. The van der Waals surface area contributed by atoms with Gasteiger partial charge in [0.25, 0.3) is 5.91 Å². The Labute approximate surface area is 160 Å². The number of sulfonamides is 1. The number of anilines is 2. The number of carbonyl (C=O) groups excluding carboxylic acids is 1. The van der Waals surface area contributed by atoms with Crippen LogP contribution in [0.2, 0.25) is 0 Å². The molecule has 144 valence electrons. The number of nitrogens with one attached hydrogen (secondary N) is 1. The minimum atomic E-state index is -3.34. The standard InChI is InChI=1S/C20H24N2O4S/c1-3-26-18-11-8-16(9-12-18)20(23)21-17-10-7-15-6-5-13-22(19(15)14-17)27(24,25)4-2/h7-12,14H,3-6,13H2,1-2H3,(H,21,23). The van der Waals surface area contributed by atoms with Gasteiger partial charge in [0, 0.05) is 17.8 Å².